The van der Waals surface area contributed by atoms with E-state index in [1.165, 1.54) is 68.1 Å². The van der Waals surface area contributed by atoms with Gasteiger partial charge in [-0.15, -0.1) is 0 Å². The van der Waals surface area contributed by atoms with E-state index in [9.17, 15) is 5.11 Å². The summed E-state index contributed by atoms with van der Waals surface area (Å²) in [7, 11) is 0. The summed E-state index contributed by atoms with van der Waals surface area (Å²) in [4.78, 5) is 0. The van der Waals surface area contributed by atoms with E-state index >= 15 is 0 Å². The van der Waals surface area contributed by atoms with Crippen LogP contribution in [0, 0.1) is 13.8 Å². The molecule has 2 rings (SSSR count). The first-order valence-corrected chi connectivity index (χ1v) is 14.7. The number of hydrogen-bond donors (Lipinski definition) is 2. The van der Waals surface area contributed by atoms with E-state index in [-0.39, 0.29) is 5.41 Å². The van der Waals surface area contributed by atoms with Crippen LogP contribution in [0.15, 0.2) is 36.4 Å². The molecule has 0 aromatic heterocycles. The van der Waals surface area contributed by atoms with Crippen LogP contribution in [0.2, 0.25) is 0 Å². The fourth-order valence-corrected chi connectivity index (χ4v) is 5.53. The van der Waals surface area contributed by atoms with Crippen molar-refractivity contribution in [2.45, 2.75) is 117 Å². The molecule has 0 saturated carbocycles. The molecule has 3 heteroatoms. The first-order chi connectivity index (χ1) is 17.5. The lowest BCUT2D eigenvalue weighted by Crippen LogP contribution is -2.28. The predicted octanol–water partition coefficient (Wildman–Crippen LogP) is 9.00. The van der Waals surface area contributed by atoms with Gasteiger partial charge in [-0.25, -0.2) is 0 Å². The van der Waals surface area contributed by atoms with Gasteiger partial charge in [0.25, 0.3) is 0 Å². The molecule has 0 amide bonds. The van der Waals surface area contributed by atoms with Crippen LogP contribution < -0.4 is 10.1 Å². The van der Waals surface area contributed by atoms with Crippen molar-refractivity contribution >= 4 is 0 Å². The maximum Gasteiger partial charge on any atom is 0.122 e. The van der Waals surface area contributed by atoms with Crippen LogP contribution in [0.5, 0.6) is 11.5 Å². The molecular formula is C33H53NO2. The van der Waals surface area contributed by atoms with Crippen molar-refractivity contribution in [2.75, 3.05) is 19.7 Å². The fourth-order valence-electron chi connectivity index (χ4n) is 5.53. The summed E-state index contributed by atoms with van der Waals surface area (Å²) in [6, 6.07) is 12.9. The van der Waals surface area contributed by atoms with E-state index in [0.29, 0.717) is 12.4 Å². The minimum atomic E-state index is -0.0389. The van der Waals surface area contributed by atoms with Gasteiger partial charge in [-0.1, -0.05) is 103 Å². The highest BCUT2D eigenvalue weighted by Crippen LogP contribution is 2.43. The van der Waals surface area contributed by atoms with Crippen LogP contribution >= 0.6 is 0 Å². The van der Waals surface area contributed by atoms with E-state index in [1.54, 1.807) is 0 Å². The van der Waals surface area contributed by atoms with Gasteiger partial charge in [0.15, 0.2) is 0 Å². The molecule has 0 spiro atoms. The summed E-state index contributed by atoms with van der Waals surface area (Å²) in [6.07, 6.45) is 15.3. The highest BCUT2D eigenvalue weighted by molar-refractivity contribution is 5.48. The molecule has 2 N–H and O–H groups in total. The van der Waals surface area contributed by atoms with E-state index in [4.69, 9.17) is 4.74 Å². The Bertz CT molecular complexity index is 870. The molecule has 3 nitrogen and oxygen atoms in total. The Hall–Kier alpha value is -2.00. The normalized spacial score (nSPS) is 11.7. The summed E-state index contributed by atoms with van der Waals surface area (Å²) in [5.74, 6) is 1.35. The molecule has 0 fully saturated rings. The third kappa shape index (κ3) is 9.14. The zero-order valence-corrected chi connectivity index (χ0v) is 23.9. The molecule has 0 heterocycles. The fraction of sp³-hybridized carbons (Fsp3) is 0.636. The molecule has 2 aromatic carbocycles. The summed E-state index contributed by atoms with van der Waals surface area (Å²) in [5.41, 5.74) is 4.76. The maximum absolute atomic E-state index is 10.1. The number of aromatic hydroxyl groups is 1. The zero-order chi connectivity index (χ0) is 26.2. The van der Waals surface area contributed by atoms with Crippen LogP contribution in [0.4, 0.5) is 0 Å². The molecule has 0 aliphatic carbocycles. The lowest BCUT2D eigenvalue weighted by molar-refractivity contribution is 0.311. The second kappa shape index (κ2) is 16.7. The van der Waals surface area contributed by atoms with Crippen molar-refractivity contribution in [3.05, 3.63) is 58.7 Å². The van der Waals surface area contributed by atoms with E-state index in [2.05, 4.69) is 63.3 Å². The van der Waals surface area contributed by atoms with E-state index in [1.807, 2.05) is 13.0 Å². The molecule has 2 aromatic rings. The number of aryl methyl sites for hydroxylation is 2. The molecule has 0 unspecified atom stereocenters. The highest BCUT2D eigenvalue weighted by atomic mass is 16.5. The summed E-state index contributed by atoms with van der Waals surface area (Å²) < 4.78 is 6.15. The molecule has 202 valence electrons. The van der Waals surface area contributed by atoms with E-state index < -0.39 is 0 Å². The van der Waals surface area contributed by atoms with Crippen LogP contribution in [0.1, 0.15) is 120 Å². The summed E-state index contributed by atoms with van der Waals surface area (Å²) >= 11 is 0. The third-order valence-electron chi connectivity index (χ3n) is 7.57. The number of phenols is 1. The second-order valence-electron chi connectivity index (χ2n) is 10.6. The van der Waals surface area contributed by atoms with Gasteiger partial charge in [0.1, 0.15) is 18.1 Å². The van der Waals surface area contributed by atoms with Gasteiger partial charge in [0, 0.05) is 12.0 Å². The first-order valence-electron chi connectivity index (χ1n) is 14.7. The SMILES string of the molecule is CCCCCCCCCCNCCOc1ccc(C(CCC)(CCC)c2ccc(O)c(C)c2)cc1C. The van der Waals surface area contributed by atoms with Crippen LogP contribution in [-0.4, -0.2) is 24.8 Å². The lowest BCUT2D eigenvalue weighted by Gasteiger charge is -2.36. The molecule has 0 aliphatic heterocycles. The average molecular weight is 496 g/mol. The Morgan fingerprint density at radius 3 is 1.86 bits per heavy atom. The van der Waals surface area contributed by atoms with Crippen molar-refractivity contribution in [3.63, 3.8) is 0 Å². The van der Waals surface area contributed by atoms with Gasteiger partial charge in [0.2, 0.25) is 0 Å². The highest BCUT2D eigenvalue weighted by Gasteiger charge is 2.33. The van der Waals surface area contributed by atoms with Gasteiger partial charge in [0.05, 0.1) is 0 Å². The minimum absolute atomic E-state index is 0.0389. The van der Waals surface area contributed by atoms with Crippen molar-refractivity contribution in [1.29, 1.82) is 0 Å². The largest absolute Gasteiger partial charge is 0.508 e. The van der Waals surface area contributed by atoms with Crippen molar-refractivity contribution < 1.29 is 9.84 Å². The van der Waals surface area contributed by atoms with Crippen LogP contribution in [-0.2, 0) is 5.41 Å². The Morgan fingerprint density at radius 2 is 1.28 bits per heavy atom. The van der Waals surface area contributed by atoms with Crippen LogP contribution in [0.25, 0.3) is 0 Å². The number of nitrogens with one attached hydrogen (secondary N) is 1. The molecule has 0 atom stereocenters. The predicted molar refractivity (Wildman–Crippen MR) is 156 cm³/mol. The monoisotopic (exact) mass is 495 g/mol. The Morgan fingerprint density at radius 1 is 0.694 bits per heavy atom. The Balaban J connectivity index is 1.91. The molecule has 0 bridgehead atoms. The molecule has 36 heavy (non-hydrogen) atoms. The van der Waals surface area contributed by atoms with Gasteiger partial charge in [-0.05, 0) is 74.0 Å². The minimum Gasteiger partial charge on any atom is -0.508 e. The van der Waals surface area contributed by atoms with Gasteiger partial charge >= 0.3 is 0 Å². The summed E-state index contributed by atoms with van der Waals surface area (Å²) in [6.45, 7) is 13.6. The average Bonchev–Trinajstić information content (AvgIpc) is 2.87. The zero-order valence-electron chi connectivity index (χ0n) is 23.9. The quantitative estimate of drug-likeness (QED) is 0.191. The summed E-state index contributed by atoms with van der Waals surface area (Å²) in [5, 5.41) is 13.7. The molecular weight excluding hydrogens is 442 g/mol. The topological polar surface area (TPSA) is 41.5 Å². The number of ether oxygens (including phenoxy) is 1. The van der Waals surface area contributed by atoms with Crippen molar-refractivity contribution in [3.8, 4) is 11.5 Å². The Labute approximate surface area is 222 Å². The molecule has 0 saturated heterocycles. The first kappa shape index (κ1) is 30.2. The van der Waals surface area contributed by atoms with Gasteiger partial charge < -0.3 is 15.2 Å². The number of rotatable bonds is 19. The van der Waals surface area contributed by atoms with E-state index in [0.717, 1.165) is 50.1 Å². The number of unbranched alkanes of at least 4 members (excludes halogenated alkanes) is 7. The standard InChI is InChI=1S/C33H53NO2/c1-6-9-10-11-12-13-14-15-22-34-23-24-36-32-19-17-30(26-28(32)5)33(20-7-2,21-8-3)29-16-18-31(35)27(4)25-29/h16-19,25-26,34-35H,6-15,20-24H2,1-5H3. The lowest BCUT2D eigenvalue weighted by atomic mass is 9.68. The molecule has 0 aliphatic rings. The van der Waals surface area contributed by atoms with Crippen LogP contribution in [0.3, 0.4) is 0 Å². The maximum atomic E-state index is 10.1. The molecule has 0 radical (unpaired) electrons. The van der Waals surface area contributed by atoms with Gasteiger partial charge in [-0.3, -0.25) is 0 Å². The third-order valence-corrected chi connectivity index (χ3v) is 7.57. The van der Waals surface area contributed by atoms with Crippen molar-refractivity contribution in [2.24, 2.45) is 0 Å². The Kier molecular flexibility index (Phi) is 14.0. The second-order valence-corrected chi connectivity index (χ2v) is 10.6. The number of hydrogen-bond acceptors (Lipinski definition) is 3. The number of benzene rings is 2. The number of phenolic OH excluding ortho intramolecular Hbond substituents is 1. The smallest absolute Gasteiger partial charge is 0.122 e. The van der Waals surface area contributed by atoms with Crippen molar-refractivity contribution in [1.82, 2.24) is 5.32 Å². The van der Waals surface area contributed by atoms with Gasteiger partial charge in [-0.2, -0.15) is 0 Å².